The summed E-state index contributed by atoms with van der Waals surface area (Å²) in [6, 6.07) is -0.0791. The van der Waals surface area contributed by atoms with Crippen LogP contribution in [-0.4, -0.2) is 73.9 Å². The highest BCUT2D eigenvalue weighted by Gasteiger charge is 2.28. The smallest absolute Gasteiger partial charge is 0.350 e. The van der Waals surface area contributed by atoms with Gasteiger partial charge < -0.3 is 20.1 Å². The summed E-state index contributed by atoms with van der Waals surface area (Å²) >= 11 is 1.36. The summed E-state index contributed by atoms with van der Waals surface area (Å²) in [7, 11) is 1.75. The number of hydrogen-bond donors (Lipinski definition) is 2. The van der Waals surface area contributed by atoms with E-state index in [1.165, 1.54) is 11.3 Å². The van der Waals surface area contributed by atoms with Crippen LogP contribution in [0.2, 0.25) is 0 Å². The van der Waals surface area contributed by atoms with Crippen molar-refractivity contribution >= 4 is 47.2 Å². The Bertz CT molecular complexity index is 689. The van der Waals surface area contributed by atoms with E-state index in [4.69, 9.17) is 9.47 Å². The Morgan fingerprint density at radius 2 is 2.07 bits per heavy atom. The minimum absolute atomic E-state index is 0. The van der Waals surface area contributed by atoms with Crippen molar-refractivity contribution < 1.29 is 14.3 Å². The molecule has 2 heterocycles. The Morgan fingerprint density at radius 1 is 1.41 bits per heavy atom. The number of carbonyl (C=O) groups is 1. The topological polar surface area (TPSA) is 88.1 Å². The van der Waals surface area contributed by atoms with E-state index in [-0.39, 0.29) is 41.5 Å². The molecule has 2 rings (SSSR count). The highest BCUT2D eigenvalue weighted by molar-refractivity contribution is 14.0. The lowest BCUT2D eigenvalue weighted by Gasteiger charge is -2.41. The number of esters is 1. The Morgan fingerprint density at radius 3 is 2.66 bits per heavy atom. The van der Waals surface area contributed by atoms with Gasteiger partial charge in [-0.15, -0.1) is 35.3 Å². The van der Waals surface area contributed by atoms with Gasteiger partial charge >= 0.3 is 5.97 Å². The molecule has 1 unspecified atom stereocenters. The van der Waals surface area contributed by atoms with Gasteiger partial charge in [0.05, 0.1) is 31.6 Å². The normalized spacial score (nSPS) is 16.7. The molecule has 0 aliphatic carbocycles. The maximum absolute atomic E-state index is 12.0. The van der Waals surface area contributed by atoms with Crippen LogP contribution < -0.4 is 10.6 Å². The minimum Gasteiger partial charge on any atom is -0.462 e. The van der Waals surface area contributed by atoms with Gasteiger partial charge in [0.2, 0.25) is 0 Å². The zero-order valence-electron chi connectivity index (χ0n) is 18.2. The molecule has 0 aromatic carbocycles. The lowest BCUT2D eigenvalue weighted by molar-refractivity contribution is -0.00834. The molecule has 1 aromatic heterocycles. The van der Waals surface area contributed by atoms with Crippen LogP contribution in [0.1, 0.15) is 54.1 Å². The van der Waals surface area contributed by atoms with Crippen molar-refractivity contribution in [3.63, 3.8) is 0 Å². The summed E-state index contributed by atoms with van der Waals surface area (Å²) in [5.74, 6) is 0.394. The van der Waals surface area contributed by atoms with Gasteiger partial charge in [-0.05, 0) is 34.6 Å². The highest BCUT2D eigenvalue weighted by Crippen LogP contribution is 2.24. The molecule has 0 spiro atoms. The van der Waals surface area contributed by atoms with Crippen molar-refractivity contribution in [3.8, 4) is 0 Å². The number of nitrogens with zero attached hydrogens (tertiary/aromatic N) is 3. The summed E-state index contributed by atoms with van der Waals surface area (Å²) in [5, 5.41) is 7.60. The molecule has 29 heavy (non-hydrogen) atoms. The number of morpholine rings is 1. The van der Waals surface area contributed by atoms with Crippen LogP contribution in [-0.2, 0) is 9.47 Å². The number of aromatic nitrogens is 1. The van der Waals surface area contributed by atoms with E-state index >= 15 is 0 Å². The van der Waals surface area contributed by atoms with Gasteiger partial charge in [-0.3, -0.25) is 9.89 Å². The lowest BCUT2D eigenvalue weighted by atomic mass is 10.0. The van der Waals surface area contributed by atoms with Crippen LogP contribution in [0.3, 0.4) is 0 Å². The van der Waals surface area contributed by atoms with Gasteiger partial charge in [-0.25, -0.2) is 9.78 Å². The predicted molar refractivity (Wildman–Crippen MR) is 128 cm³/mol. The Balaban J connectivity index is 0.00000420. The molecule has 10 heteroatoms. The maximum atomic E-state index is 12.0. The molecule has 0 saturated carbocycles. The van der Waals surface area contributed by atoms with Crippen molar-refractivity contribution in [2.24, 2.45) is 4.99 Å². The maximum Gasteiger partial charge on any atom is 0.350 e. The molecule has 1 atom stereocenters. The summed E-state index contributed by atoms with van der Waals surface area (Å²) < 4.78 is 10.5. The average molecular weight is 539 g/mol. The number of ether oxygens (including phenoxy) is 2. The fourth-order valence-electron chi connectivity index (χ4n) is 3.03. The quantitative estimate of drug-likeness (QED) is 0.238. The van der Waals surface area contributed by atoms with Crippen molar-refractivity contribution in [1.82, 2.24) is 20.5 Å². The molecule has 2 N–H and O–H groups in total. The van der Waals surface area contributed by atoms with Crippen LogP contribution >= 0.6 is 35.3 Å². The molecule has 1 aliphatic heterocycles. The van der Waals surface area contributed by atoms with Crippen LogP contribution in [0.25, 0.3) is 0 Å². The molecule has 1 fully saturated rings. The van der Waals surface area contributed by atoms with Crippen LogP contribution in [0.5, 0.6) is 0 Å². The first-order valence-electron chi connectivity index (χ1n) is 9.73. The molecular formula is C19H34IN5O3S. The van der Waals surface area contributed by atoms with Gasteiger partial charge in [0.25, 0.3) is 0 Å². The first kappa shape index (κ1) is 26.1. The summed E-state index contributed by atoms with van der Waals surface area (Å²) in [6.45, 7) is 14.6. The van der Waals surface area contributed by atoms with E-state index in [2.05, 4.69) is 39.4 Å². The molecular weight excluding hydrogens is 505 g/mol. The third kappa shape index (κ3) is 7.34. The molecule has 0 bridgehead atoms. The number of nitrogens with one attached hydrogen (secondary N) is 2. The van der Waals surface area contributed by atoms with Gasteiger partial charge in [0, 0.05) is 32.2 Å². The van der Waals surface area contributed by atoms with E-state index < -0.39 is 0 Å². The van der Waals surface area contributed by atoms with E-state index in [1.54, 1.807) is 14.0 Å². The lowest BCUT2D eigenvalue weighted by Crippen LogP contribution is -2.56. The van der Waals surface area contributed by atoms with Crippen molar-refractivity contribution in [1.29, 1.82) is 0 Å². The molecule has 166 valence electrons. The molecule has 1 aromatic rings. The number of halogens is 1. The third-order valence-electron chi connectivity index (χ3n) is 4.78. The van der Waals surface area contributed by atoms with Gasteiger partial charge in [-0.2, -0.15) is 0 Å². The van der Waals surface area contributed by atoms with Crippen LogP contribution in [0.4, 0.5) is 0 Å². The minimum atomic E-state index is -0.314. The van der Waals surface area contributed by atoms with Crippen molar-refractivity contribution in [2.45, 2.75) is 46.2 Å². The summed E-state index contributed by atoms with van der Waals surface area (Å²) in [6.07, 6.45) is 0. The van der Waals surface area contributed by atoms with Crippen LogP contribution in [0, 0.1) is 6.92 Å². The monoisotopic (exact) mass is 539 g/mol. The number of aliphatic imine (C=N–C) groups is 1. The first-order valence-corrected chi connectivity index (χ1v) is 10.5. The summed E-state index contributed by atoms with van der Waals surface area (Å²) in [4.78, 5) is 23.9. The van der Waals surface area contributed by atoms with E-state index in [9.17, 15) is 4.79 Å². The van der Waals surface area contributed by atoms with Crippen molar-refractivity contribution in [2.75, 3.05) is 46.5 Å². The zero-order chi connectivity index (χ0) is 20.7. The van der Waals surface area contributed by atoms with Gasteiger partial charge in [0.15, 0.2) is 5.96 Å². The average Bonchev–Trinajstić information content (AvgIpc) is 3.08. The third-order valence-corrected chi connectivity index (χ3v) is 6.10. The first-order chi connectivity index (χ1) is 13.3. The van der Waals surface area contributed by atoms with Crippen molar-refractivity contribution in [3.05, 3.63) is 15.6 Å². The standard InChI is InChI=1S/C19H33N5O3S.HI/c1-7-27-17(25)15-13(2)22-16(28-15)14(3)23-18(20-6)21-12-19(4,5)24-8-10-26-11-9-24;/h14H,7-12H2,1-6H3,(H2,20,21,23);1H. The number of hydrogen-bond acceptors (Lipinski definition) is 7. The number of guanidine groups is 1. The SMILES string of the molecule is CCOC(=O)c1sc(C(C)NC(=NC)NCC(C)(C)N2CCOCC2)nc1C.I. The molecule has 0 amide bonds. The Hall–Kier alpha value is -0.980. The second-order valence-electron chi connectivity index (χ2n) is 7.39. The summed E-state index contributed by atoms with van der Waals surface area (Å²) in [5.41, 5.74) is 0.683. The van der Waals surface area contributed by atoms with Crippen LogP contribution in [0.15, 0.2) is 4.99 Å². The van der Waals surface area contributed by atoms with Gasteiger partial charge in [0.1, 0.15) is 9.88 Å². The molecule has 1 saturated heterocycles. The zero-order valence-corrected chi connectivity index (χ0v) is 21.3. The largest absolute Gasteiger partial charge is 0.462 e. The Kier molecular flexibility index (Phi) is 10.8. The molecule has 8 nitrogen and oxygen atoms in total. The second kappa shape index (κ2) is 12.0. The van der Waals surface area contributed by atoms with E-state index in [0.29, 0.717) is 23.1 Å². The molecule has 0 radical (unpaired) electrons. The van der Waals surface area contributed by atoms with E-state index in [0.717, 1.165) is 37.9 Å². The highest BCUT2D eigenvalue weighted by atomic mass is 127. The number of thiazole rings is 1. The van der Waals surface area contributed by atoms with E-state index in [1.807, 2.05) is 13.8 Å². The second-order valence-corrected chi connectivity index (χ2v) is 8.42. The predicted octanol–water partition coefficient (Wildman–Crippen LogP) is 2.58. The number of rotatable bonds is 7. The number of carbonyl (C=O) groups excluding carboxylic acids is 1. The molecule has 1 aliphatic rings. The Labute approximate surface area is 194 Å². The fourth-order valence-corrected chi connectivity index (χ4v) is 3.99. The number of aryl methyl sites for hydroxylation is 1. The van der Waals surface area contributed by atoms with Gasteiger partial charge in [-0.1, -0.05) is 0 Å². The fraction of sp³-hybridized carbons (Fsp3) is 0.737.